The zero-order chi connectivity index (χ0) is 13.2. The van der Waals surface area contributed by atoms with Crippen LogP contribution in [-0.4, -0.2) is 9.91 Å². The summed E-state index contributed by atoms with van der Waals surface area (Å²) in [7, 11) is 0. The summed E-state index contributed by atoms with van der Waals surface area (Å²) < 4.78 is 1.21. The van der Waals surface area contributed by atoms with Crippen LogP contribution in [-0.2, 0) is 0 Å². The topological polar surface area (TPSA) is 68.1 Å². The van der Waals surface area contributed by atoms with Crippen molar-refractivity contribution >= 4 is 38.6 Å². The molecule has 0 saturated heterocycles. The van der Waals surface area contributed by atoms with Crippen molar-refractivity contribution in [3.05, 3.63) is 58.1 Å². The van der Waals surface area contributed by atoms with E-state index in [4.69, 9.17) is 0 Å². The molecule has 0 radical (unpaired) electrons. The van der Waals surface area contributed by atoms with E-state index in [1.54, 1.807) is 11.3 Å². The van der Waals surface area contributed by atoms with Crippen LogP contribution < -0.4 is 5.32 Å². The smallest absolute Gasteiger partial charge is 0.274 e. The number of benzene rings is 1. The lowest BCUT2D eigenvalue weighted by molar-refractivity contribution is -0.384. The summed E-state index contributed by atoms with van der Waals surface area (Å²) in [5.41, 5.74) is 0.882. The largest absolute Gasteiger partial charge is 0.340 e. The quantitative estimate of drug-likeness (QED) is 0.578. The zero-order valence-electron chi connectivity index (χ0n) is 9.74. The van der Waals surface area contributed by atoms with E-state index in [0.717, 1.165) is 11.1 Å². The third-order valence-corrected chi connectivity index (χ3v) is 3.58. The van der Waals surface area contributed by atoms with Gasteiger partial charge in [-0.05, 0) is 35.0 Å². The molecule has 0 fully saturated rings. The third-order valence-electron chi connectivity index (χ3n) is 2.68. The number of rotatable bonds is 3. The van der Waals surface area contributed by atoms with Crippen LogP contribution in [0.1, 0.15) is 0 Å². The first-order valence-electron chi connectivity index (χ1n) is 5.57. The second-order valence-corrected chi connectivity index (χ2v) is 4.90. The molecular weight excluding hydrogens is 262 g/mol. The molecule has 3 rings (SSSR count). The molecule has 2 aromatic heterocycles. The number of nitro groups is 1. The molecule has 2 heterocycles. The summed E-state index contributed by atoms with van der Waals surface area (Å²) in [4.78, 5) is 14.3. The molecular formula is C13H9N3O2S. The lowest BCUT2D eigenvalue weighted by Gasteiger charge is -2.05. The molecule has 3 aromatic rings. The second-order valence-electron chi connectivity index (χ2n) is 3.95. The zero-order valence-corrected chi connectivity index (χ0v) is 10.6. The molecule has 5 nitrogen and oxygen atoms in total. The molecule has 1 N–H and O–H groups in total. The van der Waals surface area contributed by atoms with E-state index in [2.05, 4.69) is 10.3 Å². The average molecular weight is 271 g/mol. The number of fused-ring (bicyclic) bond motifs is 1. The van der Waals surface area contributed by atoms with E-state index in [9.17, 15) is 10.1 Å². The van der Waals surface area contributed by atoms with Crippen molar-refractivity contribution in [1.29, 1.82) is 0 Å². The van der Waals surface area contributed by atoms with Gasteiger partial charge in [0.1, 0.15) is 5.82 Å². The first kappa shape index (κ1) is 11.6. The average Bonchev–Trinajstić information content (AvgIpc) is 2.86. The molecule has 0 amide bonds. The lowest BCUT2D eigenvalue weighted by atomic mass is 10.2. The number of aromatic nitrogens is 1. The molecule has 6 heteroatoms. The molecule has 0 atom stereocenters. The summed E-state index contributed by atoms with van der Waals surface area (Å²) in [6, 6.07) is 10.8. The molecule has 19 heavy (non-hydrogen) atoms. The summed E-state index contributed by atoms with van der Waals surface area (Å²) in [6.45, 7) is 0. The van der Waals surface area contributed by atoms with Gasteiger partial charge in [-0.1, -0.05) is 0 Å². The van der Waals surface area contributed by atoms with Gasteiger partial charge in [-0.15, -0.1) is 11.3 Å². The minimum Gasteiger partial charge on any atom is -0.340 e. The van der Waals surface area contributed by atoms with Gasteiger partial charge in [-0.2, -0.15) is 0 Å². The van der Waals surface area contributed by atoms with Crippen molar-refractivity contribution in [2.24, 2.45) is 0 Å². The Balaban J connectivity index is 1.91. The van der Waals surface area contributed by atoms with Gasteiger partial charge in [0.25, 0.3) is 5.69 Å². The van der Waals surface area contributed by atoms with Gasteiger partial charge in [0.15, 0.2) is 0 Å². The SMILES string of the molecule is O=[N+]([O-])c1ccnc(Nc2ccc3sccc3c2)c1. The number of thiophene rings is 1. The fourth-order valence-electron chi connectivity index (χ4n) is 1.79. The van der Waals surface area contributed by atoms with Crippen molar-refractivity contribution in [1.82, 2.24) is 4.98 Å². The van der Waals surface area contributed by atoms with Crippen molar-refractivity contribution in [2.75, 3.05) is 5.32 Å². The third kappa shape index (κ3) is 2.38. The fraction of sp³-hybridized carbons (Fsp3) is 0. The Morgan fingerprint density at radius 2 is 2.11 bits per heavy atom. The van der Waals surface area contributed by atoms with Crippen LogP contribution in [0.4, 0.5) is 17.2 Å². The Bertz CT molecular complexity index is 754. The minimum atomic E-state index is -0.436. The lowest BCUT2D eigenvalue weighted by Crippen LogP contribution is -1.95. The molecule has 94 valence electrons. The van der Waals surface area contributed by atoms with Crippen LogP contribution in [0.25, 0.3) is 10.1 Å². The van der Waals surface area contributed by atoms with Crippen LogP contribution in [0.3, 0.4) is 0 Å². The highest BCUT2D eigenvalue weighted by Crippen LogP contribution is 2.26. The highest BCUT2D eigenvalue weighted by Gasteiger charge is 2.07. The maximum atomic E-state index is 10.7. The van der Waals surface area contributed by atoms with Crippen LogP contribution in [0, 0.1) is 10.1 Å². The summed E-state index contributed by atoms with van der Waals surface area (Å²) in [6.07, 6.45) is 1.42. The molecule has 0 aliphatic rings. The predicted octanol–water partition coefficient (Wildman–Crippen LogP) is 3.95. The Morgan fingerprint density at radius 1 is 1.21 bits per heavy atom. The van der Waals surface area contributed by atoms with E-state index < -0.39 is 4.92 Å². The van der Waals surface area contributed by atoms with E-state index in [0.29, 0.717) is 5.82 Å². The monoisotopic (exact) mass is 271 g/mol. The Morgan fingerprint density at radius 3 is 2.95 bits per heavy atom. The number of nitrogens with zero attached hydrogens (tertiary/aromatic N) is 2. The summed E-state index contributed by atoms with van der Waals surface area (Å²) in [5.74, 6) is 0.462. The Hall–Kier alpha value is -2.47. The van der Waals surface area contributed by atoms with Gasteiger partial charge in [0.05, 0.1) is 11.0 Å². The highest BCUT2D eigenvalue weighted by atomic mass is 32.1. The first-order valence-corrected chi connectivity index (χ1v) is 6.45. The molecule has 0 spiro atoms. The van der Waals surface area contributed by atoms with Gasteiger partial charge in [0.2, 0.25) is 0 Å². The maximum absolute atomic E-state index is 10.7. The Labute approximate surface area is 112 Å². The maximum Gasteiger partial charge on any atom is 0.274 e. The van der Waals surface area contributed by atoms with Gasteiger partial charge < -0.3 is 5.32 Å². The number of nitrogens with one attached hydrogen (secondary N) is 1. The van der Waals surface area contributed by atoms with E-state index in [-0.39, 0.29) is 5.69 Å². The van der Waals surface area contributed by atoms with Crippen LogP contribution in [0.2, 0.25) is 0 Å². The van der Waals surface area contributed by atoms with Crippen molar-refractivity contribution in [2.45, 2.75) is 0 Å². The molecule has 0 unspecified atom stereocenters. The van der Waals surface area contributed by atoms with Crippen molar-refractivity contribution in [3.63, 3.8) is 0 Å². The van der Waals surface area contributed by atoms with Gasteiger partial charge in [0, 0.05) is 22.7 Å². The minimum absolute atomic E-state index is 0.0223. The van der Waals surface area contributed by atoms with E-state index in [1.807, 2.05) is 29.6 Å². The number of hydrogen-bond acceptors (Lipinski definition) is 5. The van der Waals surface area contributed by atoms with Crippen LogP contribution in [0.15, 0.2) is 48.0 Å². The van der Waals surface area contributed by atoms with Gasteiger partial charge in [-0.3, -0.25) is 10.1 Å². The first-order chi connectivity index (χ1) is 9.22. The standard InChI is InChI=1S/C13H9N3O2S/c17-16(18)11-3-5-14-13(8-11)15-10-1-2-12-9(7-10)4-6-19-12/h1-8H,(H,14,15). The number of pyridine rings is 1. The molecule has 0 aliphatic carbocycles. The molecule has 1 aromatic carbocycles. The number of anilines is 2. The summed E-state index contributed by atoms with van der Waals surface area (Å²) in [5, 5.41) is 16.9. The summed E-state index contributed by atoms with van der Waals surface area (Å²) >= 11 is 1.68. The predicted molar refractivity (Wildman–Crippen MR) is 76.0 cm³/mol. The molecule has 0 saturated carbocycles. The normalized spacial score (nSPS) is 10.5. The van der Waals surface area contributed by atoms with Crippen LogP contribution >= 0.6 is 11.3 Å². The van der Waals surface area contributed by atoms with Crippen molar-refractivity contribution < 1.29 is 4.92 Å². The Kier molecular flexibility index (Phi) is 2.85. The second kappa shape index (κ2) is 4.66. The van der Waals surface area contributed by atoms with E-state index in [1.165, 1.54) is 23.0 Å². The van der Waals surface area contributed by atoms with E-state index >= 15 is 0 Å². The number of hydrogen-bond donors (Lipinski definition) is 1. The highest BCUT2D eigenvalue weighted by molar-refractivity contribution is 7.17. The van der Waals surface area contributed by atoms with Crippen LogP contribution in [0.5, 0.6) is 0 Å². The fourth-order valence-corrected chi connectivity index (χ4v) is 2.56. The van der Waals surface area contributed by atoms with Gasteiger partial charge >= 0.3 is 0 Å². The molecule has 0 bridgehead atoms. The van der Waals surface area contributed by atoms with Crippen molar-refractivity contribution in [3.8, 4) is 0 Å². The van der Waals surface area contributed by atoms with Gasteiger partial charge in [-0.25, -0.2) is 4.98 Å². The molecule has 0 aliphatic heterocycles.